The summed E-state index contributed by atoms with van der Waals surface area (Å²) in [6.07, 6.45) is 9.80. The summed E-state index contributed by atoms with van der Waals surface area (Å²) >= 11 is 0. The largest absolute Gasteiger partial charge is 0.357 e. The minimum atomic E-state index is 0.190. The molecule has 2 N–H and O–H groups in total. The van der Waals surface area contributed by atoms with Crippen molar-refractivity contribution in [3.63, 3.8) is 0 Å². The summed E-state index contributed by atoms with van der Waals surface area (Å²) in [5.74, 6) is 9.56. The molecule has 2 aromatic heterocycles. The first-order valence-corrected chi connectivity index (χ1v) is 12.7. The van der Waals surface area contributed by atoms with Gasteiger partial charge in [0.2, 0.25) is 0 Å². The van der Waals surface area contributed by atoms with Crippen molar-refractivity contribution in [2.75, 3.05) is 46.8 Å². The van der Waals surface area contributed by atoms with E-state index in [-0.39, 0.29) is 5.92 Å². The van der Waals surface area contributed by atoms with Crippen LogP contribution in [0.2, 0.25) is 0 Å². The summed E-state index contributed by atoms with van der Waals surface area (Å²) in [4.78, 5) is 27.4. The van der Waals surface area contributed by atoms with Crippen LogP contribution in [0, 0.1) is 29.6 Å². The number of hydrogen-bond acceptors (Lipinski definition) is 7. The third-order valence-corrected chi connectivity index (χ3v) is 7.43. The lowest BCUT2D eigenvalue weighted by atomic mass is 9.69. The van der Waals surface area contributed by atoms with Crippen LogP contribution in [0.25, 0.3) is 11.0 Å². The fourth-order valence-corrected chi connectivity index (χ4v) is 5.39. The Hall–Kier alpha value is -3.28. The molecule has 6 rings (SSSR count). The zero-order valence-corrected chi connectivity index (χ0v) is 20.5. The number of aliphatic imine (C=N–C) groups is 3. The lowest BCUT2D eigenvalue weighted by molar-refractivity contribution is 0.227. The lowest BCUT2D eigenvalue weighted by Gasteiger charge is -2.43. The first-order valence-electron chi connectivity index (χ1n) is 12.7. The van der Waals surface area contributed by atoms with E-state index in [1.807, 2.05) is 32.6 Å². The smallest absolute Gasteiger partial charge is 0.162 e. The van der Waals surface area contributed by atoms with Crippen LogP contribution in [0.1, 0.15) is 30.5 Å². The van der Waals surface area contributed by atoms with Gasteiger partial charge < -0.3 is 15.2 Å². The van der Waals surface area contributed by atoms with Crippen LogP contribution in [0.15, 0.2) is 45.2 Å². The van der Waals surface area contributed by atoms with E-state index >= 15 is 0 Å². The highest BCUT2D eigenvalue weighted by Crippen LogP contribution is 2.43. The number of aromatic nitrogens is 2. The first-order chi connectivity index (χ1) is 17.2. The number of nitrogens with zero attached hydrogens (tertiary/aromatic N) is 6. The fourth-order valence-electron chi connectivity index (χ4n) is 5.39. The molecule has 5 heterocycles. The van der Waals surface area contributed by atoms with Gasteiger partial charge in [-0.2, -0.15) is 0 Å². The van der Waals surface area contributed by atoms with Crippen LogP contribution in [-0.2, 0) is 0 Å². The van der Waals surface area contributed by atoms with E-state index in [9.17, 15) is 0 Å². The van der Waals surface area contributed by atoms with Gasteiger partial charge in [-0.3, -0.25) is 9.89 Å². The molecule has 2 atom stereocenters. The SMILES string of the molecule is CN(C)CC#Cc1cc2c(C3=NC4=CN=CC(C5CCC5)C4C(N4CCNCC4)=N3)ccnc2[nH]1. The Balaban J connectivity index is 1.41. The van der Waals surface area contributed by atoms with Gasteiger partial charge >= 0.3 is 0 Å². The average molecular weight is 469 g/mol. The van der Waals surface area contributed by atoms with E-state index in [4.69, 9.17) is 9.98 Å². The second-order valence-corrected chi connectivity index (χ2v) is 10.1. The molecule has 180 valence electrons. The van der Waals surface area contributed by atoms with Gasteiger partial charge in [0.1, 0.15) is 11.5 Å². The molecule has 35 heavy (non-hydrogen) atoms. The molecule has 0 spiro atoms. The molecule has 8 nitrogen and oxygen atoms in total. The minimum absolute atomic E-state index is 0.190. The molecule has 0 aromatic carbocycles. The maximum Gasteiger partial charge on any atom is 0.162 e. The van der Waals surface area contributed by atoms with Gasteiger partial charge in [0, 0.05) is 61.7 Å². The number of nitrogens with one attached hydrogen (secondary N) is 2. The van der Waals surface area contributed by atoms with Crippen molar-refractivity contribution in [1.29, 1.82) is 0 Å². The van der Waals surface area contributed by atoms with Crippen molar-refractivity contribution in [2.45, 2.75) is 19.3 Å². The van der Waals surface area contributed by atoms with Gasteiger partial charge in [-0.1, -0.05) is 12.3 Å². The molecule has 2 aromatic rings. The summed E-state index contributed by atoms with van der Waals surface area (Å²) < 4.78 is 0. The Kier molecular flexibility index (Phi) is 5.96. The summed E-state index contributed by atoms with van der Waals surface area (Å²) in [6.45, 7) is 4.59. The van der Waals surface area contributed by atoms with Crippen LogP contribution < -0.4 is 5.32 Å². The van der Waals surface area contributed by atoms with Crippen molar-refractivity contribution in [2.24, 2.45) is 32.7 Å². The lowest BCUT2D eigenvalue weighted by Crippen LogP contribution is -2.52. The molecule has 0 amide bonds. The predicted octanol–water partition coefficient (Wildman–Crippen LogP) is 2.50. The standard InChI is InChI=1S/C27H32N8/c1-34(2)12-4-7-19-15-21-20(8-9-30-25(21)31-19)26-32-23-17-29-16-22(18-5-3-6-18)24(23)27(33-26)35-13-10-28-11-14-35/h8-9,15-18,22,24,28H,3,5-6,10-14H2,1-2H3,(H,30,31). The van der Waals surface area contributed by atoms with Crippen LogP contribution in [0.3, 0.4) is 0 Å². The fraction of sp³-hybridized carbons (Fsp3) is 0.481. The van der Waals surface area contributed by atoms with Gasteiger partial charge in [0.15, 0.2) is 5.84 Å². The third-order valence-electron chi connectivity index (χ3n) is 7.43. The zero-order chi connectivity index (χ0) is 23.8. The maximum absolute atomic E-state index is 5.27. The van der Waals surface area contributed by atoms with Crippen LogP contribution in [0.5, 0.6) is 0 Å². The molecule has 0 bridgehead atoms. The topological polar surface area (TPSA) is 84.3 Å². The van der Waals surface area contributed by atoms with Gasteiger partial charge in [-0.05, 0) is 50.9 Å². The Morgan fingerprint density at radius 3 is 2.80 bits per heavy atom. The van der Waals surface area contributed by atoms with Gasteiger partial charge in [-0.15, -0.1) is 0 Å². The monoisotopic (exact) mass is 468 g/mol. The number of rotatable bonds is 3. The molecule has 0 radical (unpaired) electrons. The molecule has 8 heteroatoms. The predicted molar refractivity (Wildman–Crippen MR) is 141 cm³/mol. The van der Waals surface area contributed by atoms with Gasteiger partial charge in [0.25, 0.3) is 0 Å². The molecule has 1 aliphatic carbocycles. The van der Waals surface area contributed by atoms with Crippen molar-refractivity contribution >= 4 is 28.9 Å². The number of piperazine rings is 1. The van der Waals surface area contributed by atoms with E-state index in [0.717, 1.165) is 65.8 Å². The molecular weight excluding hydrogens is 436 g/mol. The quantitative estimate of drug-likeness (QED) is 0.678. The number of aromatic amines is 1. The summed E-state index contributed by atoms with van der Waals surface area (Å²) in [5, 5.41) is 4.48. The van der Waals surface area contributed by atoms with Crippen molar-refractivity contribution in [3.8, 4) is 11.8 Å². The van der Waals surface area contributed by atoms with Gasteiger partial charge in [-0.25, -0.2) is 15.0 Å². The van der Waals surface area contributed by atoms with Crippen molar-refractivity contribution in [3.05, 3.63) is 41.5 Å². The number of H-pyrrole nitrogens is 1. The van der Waals surface area contributed by atoms with E-state index in [1.54, 1.807) is 0 Å². The first kappa shape index (κ1) is 22.2. The minimum Gasteiger partial charge on any atom is -0.357 e. The molecule has 2 unspecified atom stereocenters. The normalized spacial score (nSPS) is 24.3. The average Bonchev–Trinajstić information content (AvgIpc) is 3.26. The van der Waals surface area contributed by atoms with Crippen molar-refractivity contribution in [1.82, 2.24) is 25.1 Å². The number of hydrogen-bond donors (Lipinski definition) is 2. The summed E-state index contributed by atoms with van der Waals surface area (Å²) in [6, 6.07) is 4.08. The highest BCUT2D eigenvalue weighted by molar-refractivity contribution is 6.16. The molecule has 1 saturated heterocycles. The number of fused-ring (bicyclic) bond motifs is 2. The Bertz CT molecular complexity index is 1290. The molecule has 4 aliphatic rings. The zero-order valence-electron chi connectivity index (χ0n) is 20.5. The van der Waals surface area contributed by atoms with Crippen LogP contribution in [-0.4, -0.2) is 84.5 Å². The molecule has 3 aliphatic heterocycles. The van der Waals surface area contributed by atoms with Crippen LogP contribution in [0.4, 0.5) is 0 Å². The number of pyridine rings is 1. The maximum atomic E-state index is 5.27. The van der Waals surface area contributed by atoms with Crippen LogP contribution >= 0.6 is 0 Å². The Morgan fingerprint density at radius 1 is 1.17 bits per heavy atom. The van der Waals surface area contributed by atoms with E-state index < -0.39 is 0 Å². The van der Waals surface area contributed by atoms with Gasteiger partial charge in [0.05, 0.1) is 23.9 Å². The van der Waals surface area contributed by atoms with E-state index in [1.165, 1.54) is 19.3 Å². The highest BCUT2D eigenvalue weighted by atomic mass is 15.3. The number of amidine groups is 2. The second-order valence-electron chi connectivity index (χ2n) is 10.1. The molecule has 1 saturated carbocycles. The summed E-state index contributed by atoms with van der Waals surface area (Å²) in [7, 11) is 4.03. The van der Waals surface area contributed by atoms with Crippen molar-refractivity contribution < 1.29 is 0 Å². The van der Waals surface area contributed by atoms with E-state index in [2.05, 4.69) is 54.2 Å². The van der Waals surface area contributed by atoms with E-state index in [0.29, 0.717) is 18.4 Å². The summed E-state index contributed by atoms with van der Waals surface area (Å²) in [5.41, 5.74) is 3.68. The Morgan fingerprint density at radius 2 is 2.03 bits per heavy atom. The Labute approximate surface area is 206 Å². The molecule has 2 fully saturated rings. The highest BCUT2D eigenvalue weighted by Gasteiger charge is 2.42. The third kappa shape index (κ3) is 4.30. The second kappa shape index (κ2) is 9.40. The molecular formula is C27H32N8.